The highest BCUT2D eigenvalue weighted by Gasteiger charge is 2.27. The van der Waals surface area contributed by atoms with E-state index in [0.29, 0.717) is 19.4 Å². The van der Waals surface area contributed by atoms with Crippen LogP contribution in [0.25, 0.3) is 0 Å². The van der Waals surface area contributed by atoms with Gasteiger partial charge in [0, 0.05) is 12.1 Å². The summed E-state index contributed by atoms with van der Waals surface area (Å²) in [6, 6.07) is 0. The van der Waals surface area contributed by atoms with Crippen LogP contribution in [0.15, 0.2) is 0 Å². The normalized spacial score (nSPS) is 19.6. The number of aryl methyl sites for hydroxylation is 1. The highest BCUT2D eigenvalue weighted by Crippen LogP contribution is 2.24. The van der Waals surface area contributed by atoms with Gasteiger partial charge in [-0.15, -0.1) is 0 Å². The summed E-state index contributed by atoms with van der Waals surface area (Å²) in [5, 5.41) is 9.02. The van der Waals surface area contributed by atoms with Crippen molar-refractivity contribution in [2.45, 2.75) is 52.2 Å². The zero-order valence-corrected chi connectivity index (χ0v) is 11.1. The molecule has 1 aromatic heterocycles. The topological polar surface area (TPSA) is 75.2 Å². The molecule has 18 heavy (non-hydrogen) atoms. The number of hydrogen-bond acceptors (Lipinski definition) is 3. The van der Waals surface area contributed by atoms with Crippen molar-refractivity contribution in [1.29, 1.82) is 0 Å². The summed E-state index contributed by atoms with van der Waals surface area (Å²) in [4.78, 5) is 18.6. The predicted molar refractivity (Wildman–Crippen MR) is 66.3 cm³/mol. The first-order chi connectivity index (χ1) is 8.35. The van der Waals surface area contributed by atoms with Crippen molar-refractivity contribution in [3.63, 3.8) is 0 Å². The Bertz CT molecular complexity index is 446. The van der Waals surface area contributed by atoms with E-state index in [9.17, 15) is 4.79 Å². The van der Waals surface area contributed by atoms with Crippen molar-refractivity contribution < 1.29 is 14.6 Å². The molecule has 1 atom stereocenters. The van der Waals surface area contributed by atoms with Gasteiger partial charge in [0.05, 0.1) is 17.2 Å². The molecule has 0 radical (unpaired) electrons. The number of carboxylic acid groups (broad SMARTS) is 1. The van der Waals surface area contributed by atoms with E-state index >= 15 is 0 Å². The quantitative estimate of drug-likeness (QED) is 0.861. The summed E-state index contributed by atoms with van der Waals surface area (Å²) < 4.78 is 5.66. The smallest absolute Gasteiger partial charge is 0.306 e. The van der Waals surface area contributed by atoms with Crippen LogP contribution in [0.4, 0.5) is 0 Å². The van der Waals surface area contributed by atoms with Crippen LogP contribution in [0.2, 0.25) is 0 Å². The molecule has 0 bridgehead atoms. The van der Waals surface area contributed by atoms with E-state index < -0.39 is 5.97 Å². The molecule has 0 aromatic carbocycles. The molecule has 100 valence electrons. The Hall–Kier alpha value is -1.36. The molecular weight excluding hydrogens is 232 g/mol. The van der Waals surface area contributed by atoms with Crippen LogP contribution >= 0.6 is 0 Å². The number of rotatable bonds is 3. The van der Waals surface area contributed by atoms with Gasteiger partial charge in [-0.05, 0) is 33.6 Å². The third kappa shape index (κ3) is 3.10. The molecule has 0 fully saturated rings. The standard InChI is InChI=1S/C13H20N2O3/c1-13(2,3)18-7-11-14-9-5-4-8(12(16)17)6-10(9)15-11/h8H,4-7H2,1-3H3,(H,14,15)(H,16,17). The minimum absolute atomic E-state index is 0.198. The van der Waals surface area contributed by atoms with Crippen molar-refractivity contribution in [1.82, 2.24) is 9.97 Å². The van der Waals surface area contributed by atoms with Gasteiger partial charge < -0.3 is 14.8 Å². The lowest BCUT2D eigenvalue weighted by Crippen LogP contribution is -2.22. The van der Waals surface area contributed by atoms with Gasteiger partial charge in [0.15, 0.2) is 0 Å². The van der Waals surface area contributed by atoms with Gasteiger partial charge in [-0.2, -0.15) is 0 Å². The van der Waals surface area contributed by atoms with Crippen LogP contribution in [0.3, 0.4) is 0 Å². The fourth-order valence-corrected chi connectivity index (χ4v) is 2.10. The van der Waals surface area contributed by atoms with Crippen LogP contribution in [0.1, 0.15) is 44.4 Å². The number of aromatic amines is 1. The number of carboxylic acids is 1. The second-order valence-electron chi connectivity index (χ2n) is 5.79. The molecule has 0 amide bonds. The number of aromatic nitrogens is 2. The van der Waals surface area contributed by atoms with Crippen LogP contribution in [0.5, 0.6) is 0 Å². The highest BCUT2D eigenvalue weighted by molar-refractivity contribution is 5.70. The lowest BCUT2D eigenvalue weighted by atomic mass is 9.90. The Morgan fingerprint density at radius 1 is 1.56 bits per heavy atom. The number of aliphatic carboxylic acids is 1. The third-order valence-corrected chi connectivity index (χ3v) is 3.08. The molecule has 2 rings (SSSR count). The van der Waals surface area contributed by atoms with E-state index in [1.54, 1.807) is 0 Å². The fraction of sp³-hybridized carbons (Fsp3) is 0.692. The Morgan fingerprint density at radius 2 is 2.28 bits per heavy atom. The van der Waals surface area contributed by atoms with E-state index in [-0.39, 0.29) is 11.5 Å². The second kappa shape index (κ2) is 4.72. The molecule has 5 heteroatoms. The lowest BCUT2D eigenvalue weighted by Gasteiger charge is -2.18. The monoisotopic (exact) mass is 252 g/mol. The van der Waals surface area contributed by atoms with E-state index in [0.717, 1.165) is 23.6 Å². The van der Waals surface area contributed by atoms with Crippen LogP contribution in [-0.4, -0.2) is 26.6 Å². The average Bonchev–Trinajstić information content (AvgIpc) is 2.66. The predicted octanol–water partition coefficient (Wildman–Crippen LogP) is 1.91. The maximum atomic E-state index is 11.0. The number of carbonyl (C=O) groups is 1. The van der Waals surface area contributed by atoms with Crippen LogP contribution in [-0.2, 0) is 29.0 Å². The lowest BCUT2D eigenvalue weighted by molar-refractivity contribution is -0.142. The molecule has 0 saturated carbocycles. The summed E-state index contributed by atoms with van der Waals surface area (Å²) in [6.07, 6.45) is 1.96. The molecule has 2 N–H and O–H groups in total. The first-order valence-electron chi connectivity index (χ1n) is 6.28. The van der Waals surface area contributed by atoms with E-state index in [2.05, 4.69) is 9.97 Å². The minimum Gasteiger partial charge on any atom is -0.481 e. The van der Waals surface area contributed by atoms with Crippen molar-refractivity contribution in [3.8, 4) is 0 Å². The van der Waals surface area contributed by atoms with Gasteiger partial charge in [-0.3, -0.25) is 4.79 Å². The Kier molecular flexibility index (Phi) is 3.43. The number of nitrogens with zero attached hydrogens (tertiary/aromatic N) is 1. The molecule has 0 saturated heterocycles. The van der Waals surface area contributed by atoms with Gasteiger partial charge in [0.2, 0.25) is 0 Å². The molecule has 1 heterocycles. The number of ether oxygens (including phenoxy) is 1. The Labute approximate surface area is 107 Å². The third-order valence-electron chi connectivity index (χ3n) is 3.08. The van der Waals surface area contributed by atoms with E-state index in [1.165, 1.54) is 0 Å². The summed E-state index contributed by atoms with van der Waals surface area (Å²) >= 11 is 0. The van der Waals surface area contributed by atoms with E-state index in [4.69, 9.17) is 9.84 Å². The highest BCUT2D eigenvalue weighted by atomic mass is 16.5. The maximum absolute atomic E-state index is 11.0. The van der Waals surface area contributed by atoms with Crippen LogP contribution in [0, 0.1) is 5.92 Å². The number of imidazole rings is 1. The summed E-state index contributed by atoms with van der Waals surface area (Å²) in [7, 11) is 0. The van der Waals surface area contributed by atoms with E-state index in [1.807, 2.05) is 20.8 Å². The van der Waals surface area contributed by atoms with Crippen molar-refractivity contribution in [3.05, 3.63) is 17.2 Å². The molecule has 0 aliphatic heterocycles. The second-order valence-corrected chi connectivity index (χ2v) is 5.79. The molecule has 5 nitrogen and oxygen atoms in total. The van der Waals surface area contributed by atoms with Crippen molar-refractivity contribution in [2.75, 3.05) is 0 Å². The molecule has 1 unspecified atom stereocenters. The molecule has 1 aliphatic carbocycles. The average molecular weight is 252 g/mol. The van der Waals surface area contributed by atoms with Gasteiger partial charge in [0.1, 0.15) is 12.4 Å². The van der Waals surface area contributed by atoms with Crippen LogP contribution < -0.4 is 0 Å². The van der Waals surface area contributed by atoms with Gasteiger partial charge >= 0.3 is 5.97 Å². The van der Waals surface area contributed by atoms with Gasteiger partial charge in [-0.1, -0.05) is 0 Å². The van der Waals surface area contributed by atoms with Gasteiger partial charge in [0.25, 0.3) is 0 Å². The summed E-state index contributed by atoms with van der Waals surface area (Å²) in [6.45, 7) is 6.43. The maximum Gasteiger partial charge on any atom is 0.306 e. The Morgan fingerprint density at radius 3 is 2.89 bits per heavy atom. The summed E-state index contributed by atoms with van der Waals surface area (Å²) in [5.74, 6) is -0.210. The number of fused-ring (bicyclic) bond motifs is 1. The first kappa shape index (κ1) is 13.1. The largest absolute Gasteiger partial charge is 0.481 e. The molecular formula is C13H20N2O3. The van der Waals surface area contributed by atoms with Crippen molar-refractivity contribution in [2.24, 2.45) is 5.92 Å². The minimum atomic E-state index is -0.720. The fourth-order valence-electron chi connectivity index (χ4n) is 2.10. The zero-order valence-electron chi connectivity index (χ0n) is 11.1. The number of hydrogen-bond donors (Lipinski definition) is 2. The van der Waals surface area contributed by atoms with Gasteiger partial charge in [-0.25, -0.2) is 4.98 Å². The first-order valence-corrected chi connectivity index (χ1v) is 6.28. The number of H-pyrrole nitrogens is 1. The Balaban J connectivity index is 2.04. The SMILES string of the molecule is CC(C)(C)OCc1nc2c([nH]1)CC(C(=O)O)CC2. The zero-order chi connectivity index (χ0) is 13.3. The molecule has 1 aliphatic rings. The summed E-state index contributed by atoms with van der Waals surface area (Å²) in [5.41, 5.74) is 1.76. The number of nitrogens with one attached hydrogen (secondary N) is 1. The molecule has 1 aromatic rings. The van der Waals surface area contributed by atoms with Crippen molar-refractivity contribution >= 4 is 5.97 Å². The molecule has 0 spiro atoms.